The zero-order chi connectivity index (χ0) is 14.4. The molecule has 0 bridgehead atoms. The molecular formula is C16H23ClO3. The van der Waals surface area contributed by atoms with Gasteiger partial charge in [0.2, 0.25) is 6.79 Å². The normalized spacial score (nSPS) is 14.6. The maximum absolute atomic E-state index is 10.2. The van der Waals surface area contributed by atoms with Crippen LogP contribution in [0.15, 0.2) is 12.1 Å². The summed E-state index contributed by atoms with van der Waals surface area (Å²) in [5, 5.41) is 10.7. The molecule has 2 rings (SSSR count). The van der Waals surface area contributed by atoms with Crippen LogP contribution in [-0.2, 0) is 0 Å². The third-order valence-corrected chi connectivity index (χ3v) is 3.95. The molecule has 1 aromatic rings. The van der Waals surface area contributed by atoms with Crippen molar-refractivity contribution in [2.75, 3.05) is 6.79 Å². The van der Waals surface area contributed by atoms with Crippen LogP contribution in [0.1, 0.15) is 63.5 Å². The van der Waals surface area contributed by atoms with E-state index in [9.17, 15) is 5.11 Å². The van der Waals surface area contributed by atoms with Gasteiger partial charge in [0.25, 0.3) is 0 Å². The molecule has 1 aromatic carbocycles. The van der Waals surface area contributed by atoms with Crippen molar-refractivity contribution in [3.05, 3.63) is 22.7 Å². The fourth-order valence-electron chi connectivity index (χ4n) is 2.46. The predicted molar refractivity (Wildman–Crippen MR) is 80.5 cm³/mol. The lowest BCUT2D eigenvalue weighted by atomic mass is 10.0. The molecule has 0 amide bonds. The highest BCUT2D eigenvalue weighted by molar-refractivity contribution is 6.32. The van der Waals surface area contributed by atoms with E-state index >= 15 is 0 Å². The Labute approximate surface area is 125 Å². The topological polar surface area (TPSA) is 38.7 Å². The van der Waals surface area contributed by atoms with Gasteiger partial charge in [-0.25, -0.2) is 0 Å². The average Bonchev–Trinajstić information content (AvgIpc) is 2.91. The van der Waals surface area contributed by atoms with Crippen molar-refractivity contribution in [1.82, 2.24) is 0 Å². The predicted octanol–water partition coefficient (Wildman–Crippen LogP) is 4.85. The van der Waals surface area contributed by atoms with Crippen LogP contribution in [0.5, 0.6) is 11.5 Å². The fraction of sp³-hybridized carbons (Fsp3) is 0.625. The third-order valence-electron chi connectivity index (χ3n) is 3.67. The number of halogens is 1. The van der Waals surface area contributed by atoms with Gasteiger partial charge >= 0.3 is 0 Å². The molecule has 1 aliphatic heterocycles. The van der Waals surface area contributed by atoms with E-state index in [0.717, 1.165) is 18.4 Å². The van der Waals surface area contributed by atoms with Crippen LogP contribution >= 0.6 is 11.6 Å². The second kappa shape index (κ2) is 7.75. The molecule has 20 heavy (non-hydrogen) atoms. The van der Waals surface area contributed by atoms with Crippen molar-refractivity contribution in [3.8, 4) is 11.5 Å². The molecule has 4 heteroatoms. The molecule has 1 atom stereocenters. The summed E-state index contributed by atoms with van der Waals surface area (Å²) in [6.45, 7) is 2.42. The molecule has 0 fully saturated rings. The molecule has 1 N–H and O–H groups in total. The number of rotatable bonds is 8. The van der Waals surface area contributed by atoms with E-state index in [0.29, 0.717) is 16.5 Å². The molecule has 0 aromatic heterocycles. The summed E-state index contributed by atoms with van der Waals surface area (Å²) in [5.74, 6) is 1.22. The van der Waals surface area contributed by atoms with E-state index in [2.05, 4.69) is 6.92 Å². The number of hydrogen-bond donors (Lipinski definition) is 1. The quantitative estimate of drug-likeness (QED) is 0.697. The largest absolute Gasteiger partial charge is 0.454 e. The summed E-state index contributed by atoms with van der Waals surface area (Å²) in [4.78, 5) is 0. The first-order valence-corrected chi connectivity index (χ1v) is 7.87. The number of aliphatic hydroxyl groups is 1. The van der Waals surface area contributed by atoms with Crippen molar-refractivity contribution in [2.24, 2.45) is 0 Å². The van der Waals surface area contributed by atoms with Gasteiger partial charge in [0.1, 0.15) is 0 Å². The maximum atomic E-state index is 10.2. The fourth-order valence-corrected chi connectivity index (χ4v) is 2.74. The highest BCUT2D eigenvalue weighted by atomic mass is 35.5. The summed E-state index contributed by atoms with van der Waals surface area (Å²) in [7, 11) is 0. The Morgan fingerprint density at radius 2 is 1.90 bits per heavy atom. The number of fused-ring (bicyclic) bond motifs is 1. The summed E-state index contributed by atoms with van der Waals surface area (Å²) in [6.07, 6.45) is 7.62. The average molecular weight is 299 g/mol. The van der Waals surface area contributed by atoms with E-state index in [-0.39, 0.29) is 6.79 Å². The molecule has 0 spiro atoms. The SMILES string of the molecule is CCCCCCCCC(O)c1cc(Cl)c2c(c1)OCO2. The van der Waals surface area contributed by atoms with Crippen LogP contribution in [0.3, 0.4) is 0 Å². The minimum atomic E-state index is -0.479. The Morgan fingerprint density at radius 3 is 2.70 bits per heavy atom. The summed E-state index contributed by atoms with van der Waals surface area (Å²) in [6, 6.07) is 3.60. The van der Waals surface area contributed by atoms with Gasteiger partial charge in [-0.1, -0.05) is 57.0 Å². The van der Waals surface area contributed by atoms with Crippen LogP contribution in [0.25, 0.3) is 0 Å². The number of ether oxygens (including phenoxy) is 2. The highest BCUT2D eigenvalue weighted by Crippen LogP contribution is 2.41. The highest BCUT2D eigenvalue weighted by Gasteiger charge is 2.20. The van der Waals surface area contributed by atoms with Crippen molar-refractivity contribution < 1.29 is 14.6 Å². The first-order chi connectivity index (χ1) is 9.72. The minimum Gasteiger partial charge on any atom is -0.454 e. The Kier molecular flexibility index (Phi) is 5.99. The molecule has 1 aliphatic rings. The van der Waals surface area contributed by atoms with Gasteiger partial charge < -0.3 is 14.6 Å². The number of aliphatic hydroxyl groups excluding tert-OH is 1. The smallest absolute Gasteiger partial charge is 0.231 e. The van der Waals surface area contributed by atoms with Crippen LogP contribution in [0.4, 0.5) is 0 Å². The lowest BCUT2D eigenvalue weighted by molar-refractivity contribution is 0.162. The Balaban J connectivity index is 1.81. The number of unbranched alkanes of at least 4 members (excludes halogenated alkanes) is 5. The van der Waals surface area contributed by atoms with Gasteiger partial charge in [0.15, 0.2) is 11.5 Å². The second-order valence-corrected chi connectivity index (χ2v) is 5.72. The van der Waals surface area contributed by atoms with E-state index < -0.39 is 6.10 Å². The molecule has 0 radical (unpaired) electrons. The van der Waals surface area contributed by atoms with E-state index in [4.69, 9.17) is 21.1 Å². The molecule has 1 unspecified atom stereocenters. The summed E-state index contributed by atoms with van der Waals surface area (Å²) >= 11 is 6.12. The molecule has 112 valence electrons. The van der Waals surface area contributed by atoms with Crippen LogP contribution < -0.4 is 9.47 Å². The van der Waals surface area contributed by atoms with Crippen molar-refractivity contribution in [1.29, 1.82) is 0 Å². The molecule has 1 heterocycles. The van der Waals surface area contributed by atoms with Gasteiger partial charge in [-0.05, 0) is 24.1 Å². The van der Waals surface area contributed by atoms with Crippen molar-refractivity contribution in [3.63, 3.8) is 0 Å². The molecule has 0 saturated heterocycles. The zero-order valence-corrected chi connectivity index (χ0v) is 12.8. The summed E-state index contributed by atoms with van der Waals surface area (Å²) < 4.78 is 10.6. The lowest BCUT2D eigenvalue weighted by Gasteiger charge is -2.12. The second-order valence-electron chi connectivity index (χ2n) is 5.31. The summed E-state index contributed by atoms with van der Waals surface area (Å²) in [5.41, 5.74) is 0.813. The van der Waals surface area contributed by atoms with Crippen LogP contribution in [-0.4, -0.2) is 11.9 Å². The van der Waals surface area contributed by atoms with Crippen molar-refractivity contribution >= 4 is 11.6 Å². The Morgan fingerprint density at radius 1 is 1.15 bits per heavy atom. The number of hydrogen-bond acceptors (Lipinski definition) is 3. The molecule has 0 saturated carbocycles. The standard InChI is InChI=1S/C16H23ClO3/c1-2-3-4-5-6-7-8-14(18)12-9-13(17)16-15(10-12)19-11-20-16/h9-10,14,18H,2-8,11H2,1H3. The third kappa shape index (κ3) is 4.03. The van der Waals surface area contributed by atoms with Crippen LogP contribution in [0, 0.1) is 0 Å². The minimum absolute atomic E-state index is 0.200. The van der Waals surface area contributed by atoms with E-state index in [1.807, 2.05) is 6.07 Å². The van der Waals surface area contributed by atoms with Gasteiger partial charge in [0.05, 0.1) is 11.1 Å². The first-order valence-electron chi connectivity index (χ1n) is 7.49. The molecular weight excluding hydrogens is 276 g/mol. The van der Waals surface area contributed by atoms with Gasteiger partial charge in [-0.3, -0.25) is 0 Å². The maximum Gasteiger partial charge on any atom is 0.231 e. The molecule has 3 nitrogen and oxygen atoms in total. The monoisotopic (exact) mass is 298 g/mol. The van der Waals surface area contributed by atoms with E-state index in [1.54, 1.807) is 6.07 Å². The van der Waals surface area contributed by atoms with Gasteiger partial charge in [-0.2, -0.15) is 0 Å². The van der Waals surface area contributed by atoms with Gasteiger partial charge in [-0.15, -0.1) is 0 Å². The Bertz CT molecular complexity index is 434. The lowest BCUT2D eigenvalue weighted by Crippen LogP contribution is -1.98. The van der Waals surface area contributed by atoms with Crippen molar-refractivity contribution in [2.45, 2.75) is 58.0 Å². The first kappa shape index (κ1) is 15.5. The van der Waals surface area contributed by atoms with E-state index in [1.165, 1.54) is 32.1 Å². The van der Waals surface area contributed by atoms with Gasteiger partial charge in [0, 0.05) is 0 Å². The zero-order valence-electron chi connectivity index (χ0n) is 12.0. The number of benzene rings is 1. The Hall–Kier alpha value is -0.930. The molecule has 0 aliphatic carbocycles. The van der Waals surface area contributed by atoms with Crippen LogP contribution in [0.2, 0.25) is 5.02 Å².